The second-order valence-electron chi connectivity index (χ2n) is 7.28. The number of urea groups is 1. The summed E-state index contributed by atoms with van der Waals surface area (Å²) >= 11 is 0. The largest absolute Gasteiger partial charge is 0.497 e. The number of nitrogens with one attached hydrogen (secondary N) is 2. The summed E-state index contributed by atoms with van der Waals surface area (Å²) in [5.41, 5.74) is 1.47. The number of benzene rings is 2. The molecule has 3 rings (SSSR count). The lowest BCUT2D eigenvalue weighted by molar-refractivity contribution is -0.128. The number of carbonyl (C=O) groups is 3. The number of nitrogens with zero attached hydrogens (tertiary/aromatic N) is 1. The zero-order valence-electron chi connectivity index (χ0n) is 17.4. The van der Waals surface area contributed by atoms with Crippen molar-refractivity contribution in [2.45, 2.75) is 36.9 Å². The van der Waals surface area contributed by atoms with Crippen molar-refractivity contribution in [1.29, 1.82) is 0 Å². The first-order chi connectivity index (χ1) is 15.2. The molecule has 10 nitrogen and oxygen atoms in total. The Bertz CT molecular complexity index is 1100. The lowest BCUT2D eigenvalue weighted by atomic mass is 10.1. The van der Waals surface area contributed by atoms with E-state index in [4.69, 9.17) is 9.88 Å². The molecule has 32 heavy (non-hydrogen) atoms. The van der Waals surface area contributed by atoms with Gasteiger partial charge in [0.15, 0.2) is 0 Å². The Kier molecular flexibility index (Phi) is 7.11. The van der Waals surface area contributed by atoms with Gasteiger partial charge in [-0.1, -0.05) is 24.3 Å². The molecule has 1 aliphatic heterocycles. The van der Waals surface area contributed by atoms with Crippen LogP contribution in [0.4, 0.5) is 4.79 Å². The van der Waals surface area contributed by atoms with E-state index in [9.17, 15) is 22.8 Å². The standard InChI is InChI=1S/C21H24N4O6S/c1-31-16-6-2-15(3-7-16)13-25-20(27)18(24-21(25)28)10-11-19(26)23-12-14-4-8-17(9-5-14)32(22,29)30/h2-9,18H,10-13H2,1H3,(H,23,26)(H,24,28)(H2,22,29,30)/t18-/m1/s1. The summed E-state index contributed by atoms with van der Waals surface area (Å²) in [5.74, 6) is 0.00331. The summed E-state index contributed by atoms with van der Waals surface area (Å²) in [7, 11) is -2.22. The molecule has 1 saturated heterocycles. The second-order valence-corrected chi connectivity index (χ2v) is 8.84. The van der Waals surface area contributed by atoms with Crippen molar-refractivity contribution in [2.24, 2.45) is 5.14 Å². The molecule has 0 aromatic heterocycles. The summed E-state index contributed by atoms with van der Waals surface area (Å²) in [6.45, 7) is 0.324. The molecule has 4 amide bonds. The van der Waals surface area contributed by atoms with Gasteiger partial charge in [-0.15, -0.1) is 0 Å². The van der Waals surface area contributed by atoms with Gasteiger partial charge in [0.2, 0.25) is 15.9 Å². The quantitative estimate of drug-likeness (QED) is 0.473. The first-order valence-electron chi connectivity index (χ1n) is 9.80. The molecular formula is C21H24N4O6S. The average Bonchev–Trinajstić information content (AvgIpc) is 3.04. The number of primary sulfonamides is 1. The molecule has 170 valence electrons. The molecule has 1 aliphatic rings. The van der Waals surface area contributed by atoms with Gasteiger partial charge >= 0.3 is 6.03 Å². The SMILES string of the molecule is COc1ccc(CN2C(=O)N[C@H](CCC(=O)NCc3ccc(S(N)(=O)=O)cc3)C2=O)cc1. The van der Waals surface area contributed by atoms with Crippen LogP contribution in [0, 0.1) is 0 Å². The minimum atomic E-state index is -3.77. The molecule has 0 radical (unpaired) electrons. The highest BCUT2D eigenvalue weighted by atomic mass is 32.2. The predicted molar refractivity (Wildman–Crippen MR) is 115 cm³/mol. The predicted octanol–water partition coefficient (Wildman–Crippen LogP) is 0.860. The van der Waals surface area contributed by atoms with Crippen LogP contribution in [-0.4, -0.2) is 44.3 Å². The van der Waals surface area contributed by atoms with E-state index < -0.39 is 22.1 Å². The molecule has 0 saturated carbocycles. The van der Waals surface area contributed by atoms with Crippen LogP contribution in [0.3, 0.4) is 0 Å². The fraction of sp³-hybridized carbons (Fsp3) is 0.286. The van der Waals surface area contributed by atoms with Crippen LogP contribution < -0.4 is 20.5 Å². The van der Waals surface area contributed by atoms with Gasteiger partial charge in [-0.05, 0) is 41.8 Å². The molecule has 2 aromatic rings. The van der Waals surface area contributed by atoms with E-state index in [0.29, 0.717) is 11.3 Å². The maximum Gasteiger partial charge on any atom is 0.325 e. The molecule has 2 aromatic carbocycles. The molecule has 4 N–H and O–H groups in total. The van der Waals surface area contributed by atoms with Gasteiger partial charge in [-0.2, -0.15) is 0 Å². The lowest BCUT2D eigenvalue weighted by Gasteiger charge is -2.13. The Balaban J connectivity index is 1.47. The third-order valence-electron chi connectivity index (χ3n) is 5.01. The van der Waals surface area contributed by atoms with E-state index in [1.165, 1.54) is 12.1 Å². The van der Waals surface area contributed by atoms with E-state index in [1.54, 1.807) is 43.5 Å². The number of sulfonamides is 1. The molecule has 1 fully saturated rings. The average molecular weight is 461 g/mol. The smallest absolute Gasteiger partial charge is 0.325 e. The van der Waals surface area contributed by atoms with Gasteiger partial charge in [0.05, 0.1) is 18.6 Å². The molecule has 0 spiro atoms. The summed E-state index contributed by atoms with van der Waals surface area (Å²) in [6, 6.07) is 11.6. The van der Waals surface area contributed by atoms with Crippen molar-refractivity contribution >= 4 is 27.9 Å². The van der Waals surface area contributed by atoms with Gasteiger partial charge in [0.1, 0.15) is 11.8 Å². The number of ether oxygens (including phenoxy) is 1. The highest BCUT2D eigenvalue weighted by Gasteiger charge is 2.37. The Morgan fingerprint density at radius 2 is 1.72 bits per heavy atom. The topological polar surface area (TPSA) is 148 Å². The van der Waals surface area contributed by atoms with Crippen LogP contribution in [0.25, 0.3) is 0 Å². The van der Waals surface area contributed by atoms with E-state index in [-0.39, 0.29) is 42.6 Å². The van der Waals surface area contributed by atoms with Crippen LogP contribution in [0.5, 0.6) is 5.75 Å². The molecule has 11 heteroatoms. The minimum absolute atomic E-state index is 0.0118. The van der Waals surface area contributed by atoms with E-state index >= 15 is 0 Å². The van der Waals surface area contributed by atoms with Crippen LogP contribution in [-0.2, 0) is 32.7 Å². The van der Waals surface area contributed by atoms with E-state index in [0.717, 1.165) is 10.5 Å². The zero-order valence-corrected chi connectivity index (χ0v) is 18.2. The van der Waals surface area contributed by atoms with Crippen molar-refractivity contribution in [3.8, 4) is 5.75 Å². The first kappa shape index (κ1) is 23.2. The molecular weight excluding hydrogens is 436 g/mol. The number of hydrogen-bond acceptors (Lipinski definition) is 6. The van der Waals surface area contributed by atoms with Gasteiger partial charge in [0.25, 0.3) is 5.91 Å². The maximum absolute atomic E-state index is 12.6. The molecule has 1 atom stereocenters. The number of methoxy groups -OCH3 is 1. The van der Waals surface area contributed by atoms with Gasteiger partial charge in [0, 0.05) is 13.0 Å². The van der Waals surface area contributed by atoms with Crippen molar-refractivity contribution in [3.63, 3.8) is 0 Å². The highest BCUT2D eigenvalue weighted by molar-refractivity contribution is 7.89. The molecule has 1 heterocycles. The summed E-state index contributed by atoms with van der Waals surface area (Å²) in [4.78, 5) is 38.0. The van der Waals surface area contributed by atoms with Crippen molar-refractivity contribution in [2.75, 3.05) is 7.11 Å². The van der Waals surface area contributed by atoms with Gasteiger partial charge in [-0.3, -0.25) is 14.5 Å². The Morgan fingerprint density at radius 3 is 2.31 bits per heavy atom. The summed E-state index contributed by atoms with van der Waals surface area (Å²) < 4.78 is 27.6. The first-order valence-corrected chi connectivity index (χ1v) is 11.4. The molecule has 0 bridgehead atoms. The Hall–Kier alpha value is -3.44. The zero-order chi connectivity index (χ0) is 23.3. The van der Waals surface area contributed by atoms with Crippen LogP contribution in [0.15, 0.2) is 53.4 Å². The van der Waals surface area contributed by atoms with E-state index in [1.807, 2.05) is 0 Å². The number of nitrogens with two attached hydrogens (primary N) is 1. The van der Waals surface area contributed by atoms with E-state index in [2.05, 4.69) is 10.6 Å². The third-order valence-corrected chi connectivity index (χ3v) is 5.94. The lowest BCUT2D eigenvalue weighted by Crippen LogP contribution is -2.32. The monoisotopic (exact) mass is 460 g/mol. The Morgan fingerprint density at radius 1 is 1.09 bits per heavy atom. The maximum atomic E-state index is 12.6. The normalized spacial score (nSPS) is 16.1. The summed E-state index contributed by atoms with van der Waals surface area (Å²) in [5, 5.41) is 10.4. The van der Waals surface area contributed by atoms with Crippen LogP contribution in [0.1, 0.15) is 24.0 Å². The van der Waals surface area contributed by atoms with Crippen LogP contribution >= 0.6 is 0 Å². The fourth-order valence-electron chi connectivity index (χ4n) is 3.20. The Labute approximate surface area is 185 Å². The van der Waals surface area contributed by atoms with Crippen molar-refractivity contribution < 1.29 is 27.5 Å². The highest BCUT2D eigenvalue weighted by Crippen LogP contribution is 2.17. The van der Waals surface area contributed by atoms with Crippen molar-refractivity contribution in [1.82, 2.24) is 15.5 Å². The molecule has 0 unspecified atom stereocenters. The fourth-order valence-corrected chi connectivity index (χ4v) is 3.71. The molecule has 0 aliphatic carbocycles. The summed E-state index contributed by atoms with van der Waals surface area (Å²) in [6.07, 6.45) is 0.211. The number of carbonyl (C=O) groups excluding carboxylic acids is 3. The third kappa shape index (κ3) is 5.83. The van der Waals surface area contributed by atoms with Gasteiger partial charge < -0.3 is 15.4 Å². The number of rotatable bonds is 9. The number of imide groups is 1. The van der Waals surface area contributed by atoms with Gasteiger partial charge in [-0.25, -0.2) is 18.4 Å². The number of amides is 4. The number of hydrogen-bond donors (Lipinski definition) is 3. The van der Waals surface area contributed by atoms with Crippen molar-refractivity contribution in [3.05, 3.63) is 59.7 Å². The second kappa shape index (κ2) is 9.79. The van der Waals surface area contributed by atoms with Crippen LogP contribution in [0.2, 0.25) is 0 Å². The minimum Gasteiger partial charge on any atom is -0.497 e.